The number of hydrogen-bond acceptors (Lipinski definition) is 6. The quantitative estimate of drug-likeness (QED) is 0.474. The average molecular weight is 473 g/mol. The van der Waals surface area contributed by atoms with Crippen LogP contribution in [0, 0.1) is 0 Å². The number of rotatable bonds is 6. The van der Waals surface area contributed by atoms with E-state index in [-0.39, 0.29) is 43.9 Å². The van der Waals surface area contributed by atoms with Crippen molar-refractivity contribution in [2.75, 3.05) is 19.8 Å². The van der Waals surface area contributed by atoms with E-state index in [2.05, 4.69) is 5.32 Å². The SMILES string of the molecule is [B]c1cc(COc2cccc3c2CN(C2CCC(=O)NC2=O)C3=O)ccc1CN1CCOCC1=O. The van der Waals surface area contributed by atoms with Crippen LogP contribution < -0.4 is 15.5 Å². The summed E-state index contributed by atoms with van der Waals surface area (Å²) in [4.78, 5) is 52.0. The Bertz CT molecular complexity index is 1220. The number of imide groups is 1. The van der Waals surface area contributed by atoms with Crippen molar-refractivity contribution in [2.24, 2.45) is 0 Å². The van der Waals surface area contributed by atoms with E-state index >= 15 is 0 Å². The van der Waals surface area contributed by atoms with Gasteiger partial charge in [0.2, 0.25) is 17.7 Å². The number of morpholine rings is 1. The molecule has 2 aromatic rings. The highest BCUT2D eigenvalue weighted by Crippen LogP contribution is 2.33. The van der Waals surface area contributed by atoms with E-state index in [9.17, 15) is 19.2 Å². The first-order valence-corrected chi connectivity index (χ1v) is 11.5. The average Bonchev–Trinajstić information content (AvgIpc) is 3.17. The van der Waals surface area contributed by atoms with Crippen LogP contribution in [-0.2, 0) is 38.8 Å². The van der Waals surface area contributed by atoms with Crippen molar-refractivity contribution in [3.63, 3.8) is 0 Å². The minimum absolute atomic E-state index is 0.0538. The Morgan fingerprint density at radius 3 is 2.77 bits per heavy atom. The molecule has 2 fully saturated rings. The monoisotopic (exact) mass is 473 g/mol. The molecule has 3 aliphatic rings. The molecule has 35 heavy (non-hydrogen) atoms. The van der Waals surface area contributed by atoms with Gasteiger partial charge in [-0.1, -0.05) is 29.7 Å². The van der Waals surface area contributed by atoms with Crippen LogP contribution in [0.15, 0.2) is 36.4 Å². The molecule has 10 heteroatoms. The molecule has 1 N–H and O–H groups in total. The first-order chi connectivity index (χ1) is 16.9. The number of benzene rings is 2. The van der Waals surface area contributed by atoms with Gasteiger partial charge in [-0.3, -0.25) is 24.5 Å². The largest absolute Gasteiger partial charge is 0.489 e. The first kappa shape index (κ1) is 23.1. The zero-order chi connectivity index (χ0) is 24.5. The molecule has 5 rings (SSSR count). The van der Waals surface area contributed by atoms with Crippen LogP contribution in [-0.4, -0.2) is 67.1 Å². The van der Waals surface area contributed by atoms with Gasteiger partial charge >= 0.3 is 0 Å². The first-order valence-electron chi connectivity index (χ1n) is 11.5. The fourth-order valence-corrected chi connectivity index (χ4v) is 4.65. The molecule has 1 unspecified atom stereocenters. The van der Waals surface area contributed by atoms with Crippen LogP contribution in [0.1, 0.15) is 39.9 Å². The number of hydrogen-bond donors (Lipinski definition) is 1. The van der Waals surface area contributed by atoms with Gasteiger partial charge in [-0.2, -0.15) is 0 Å². The Balaban J connectivity index is 1.26. The van der Waals surface area contributed by atoms with Gasteiger partial charge in [0, 0.05) is 30.6 Å². The lowest BCUT2D eigenvalue weighted by atomic mass is 9.88. The fourth-order valence-electron chi connectivity index (χ4n) is 4.65. The van der Waals surface area contributed by atoms with Crippen molar-refractivity contribution in [1.29, 1.82) is 0 Å². The number of ether oxygens (including phenoxy) is 2. The Hall–Kier alpha value is -3.66. The molecule has 1 atom stereocenters. The van der Waals surface area contributed by atoms with E-state index in [1.54, 1.807) is 23.1 Å². The van der Waals surface area contributed by atoms with Gasteiger partial charge in [-0.15, -0.1) is 0 Å². The molecule has 0 aromatic heterocycles. The van der Waals surface area contributed by atoms with E-state index in [0.717, 1.165) is 16.7 Å². The highest BCUT2D eigenvalue weighted by atomic mass is 16.5. The van der Waals surface area contributed by atoms with Gasteiger partial charge in [0.1, 0.15) is 32.9 Å². The molecule has 3 aliphatic heterocycles. The molecule has 9 nitrogen and oxygen atoms in total. The number of carbonyl (C=O) groups is 4. The summed E-state index contributed by atoms with van der Waals surface area (Å²) in [5.41, 5.74) is 3.50. The topological polar surface area (TPSA) is 105 Å². The molecule has 3 heterocycles. The summed E-state index contributed by atoms with van der Waals surface area (Å²) >= 11 is 0. The van der Waals surface area contributed by atoms with Crippen molar-refractivity contribution in [3.05, 3.63) is 58.7 Å². The third kappa shape index (κ3) is 4.66. The number of carbonyl (C=O) groups excluding carboxylic acids is 4. The Morgan fingerprint density at radius 2 is 2.00 bits per heavy atom. The number of fused-ring (bicyclic) bond motifs is 1. The maximum Gasteiger partial charge on any atom is 0.255 e. The molecule has 178 valence electrons. The zero-order valence-electron chi connectivity index (χ0n) is 19.1. The van der Waals surface area contributed by atoms with Crippen molar-refractivity contribution in [2.45, 2.75) is 38.6 Å². The summed E-state index contributed by atoms with van der Waals surface area (Å²) in [5, 5.41) is 2.31. The lowest BCUT2D eigenvalue weighted by Crippen LogP contribution is -2.52. The van der Waals surface area contributed by atoms with Crippen LogP contribution in [0.2, 0.25) is 0 Å². The molecule has 2 saturated heterocycles. The number of amides is 4. The zero-order valence-corrected chi connectivity index (χ0v) is 19.1. The van der Waals surface area contributed by atoms with Gasteiger partial charge in [-0.25, -0.2) is 0 Å². The highest BCUT2D eigenvalue weighted by Gasteiger charge is 2.40. The number of piperidine rings is 1. The normalized spacial score (nSPS) is 20.2. The van der Waals surface area contributed by atoms with Crippen molar-refractivity contribution >= 4 is 36.9 Å². The lowest BCUT2D eigenvalue weighted by molar-refractivity contribution is -0.143. The Morgan fingerprint density at radius 1 is 1.14 bits per heavy atom. The number of nitrogens with zero attached hydrogens (tertiary/aromatic N) is 2. The summed E-state index contributed by atoms with van der Waals surface area (Å²) in [7, 11) is 6.25. The van der Waals surface area contributed by atoms with Gasteiger partial charge in [0.05, 0.1) is 13.2 Å². The van der Waals surface area contributed by atoms with Crippen molar-refractivity contribution in [3.8, 4) is 5.75 Å². The molecule has 2 aromatic carbocycles. The van der Waals surface area contributed by atoms with Crippen LogP contribution in [0.3, 0.4) is 0 Å². The van der Waals surface area contributed by atoms with Crippen molar-refractivity contribution < 1.29 is 28.7 Å². The third-order valence-electron chi connectivity index (χ3n) is 6.59. The second-order valence-electron chi connectivity index (χ2n) is 8.87. The molecule has 2 radical (unpaired) electrons. The molecular weight excluding hydrogens is 449 g/mol. The smallest absolute Gasteiger partial charge is 0.255 e. The minimum atomic E-state index is -0.675. The maximum absolute atomic E-state index is 13.0. The van der Waals surface area contributed by atoms with E-state index in [0.29, 0.717) is 42.9 Å². The summed E-state index contributed by atoms with van der Waals surface area (Å²) in [6.45, 7) is 2.06. The molecule has 0 aliphatic carbocycles. The molecule has 4 amide bonds. The summed E-state index contributed by atoms with van der Waals surface area (Å²) in [5.74, 6) is -0.499. The fraction of sp³-hybridized carbons (Fsp3) is 0.360. The summed E-state index contributed by atoms with van der Waals surface area (Å²) in [6.07, 6.45) is 0.513. The van der Waals surface area contributed by atoms with Gasteiger partial charge < -0.3 is 19.3 Å². The van der Waals surface area contributed by atoms with Gasteiger partial charge in [0.25, 0.3) is 5.91 Å². The van der Waals surface area contributed by atoms with E-state index in [4.69, 9.17) is 17.3 Å². The Kier molecular flexibility index (Phi) is 6.30. The van der Waals surface area contributed by atoms with Crippen LogP contribution >= 0.6 is 0 Å². The second-order valence-corrected chi connectivity index (χ2v) is 8.87. The molecular formula is C25H24BN3O6. The summed E-state index contributed by atoms with van der Waals surface area (Å²) in [6, 6.07) is 10.2. The van der Waals surface area contributed by atoms with Crippen LogP contribution in [0.25, 0.3) is 0 Å². The van der Waals surface area contributed by atoms with Crippen molar-refractivity contribution in [1.82, 2.24) is 15.1 Å². The predicted molar refractivity (Wildman–Crippen MR) is 125 cm³/mol. The van der Waals surface area contributed by atoms with E-state index in [1.807, 2.05) is 18.2 Å². The highest BCUT2D eigenvalue weighted by molar-refractivity contribution is 6.33. The van der Waals surface area contributed by atoms with E-state index in [1.165, 1.54) is 4.90 Å². The standard InChI is InChI=1S/C25H24BN3O6/c26-19-10-15(4-5-16(19)11-28-8-9-34-14-23(28)31)13-35-21-3-1-2-17-18(21)12-29(25(17)33)20-6-7-22(30)27-24(20)32/h1-5,10,20H,6-9,11-14H2,(H,27,30,32). The van der Waals surface area contributed by atoms with Crippen LogP contribution in [0.4, 0.5) is 0 Å². The lowest BCUT2D eigenvalue weighted by Gasteiger charge is -2.29. The van der Waals surface area contributed by atoms with Gasteiger partial charge in [0.15, 0.2) is 0 Å². The number of nitrogens with one attached hydrogen (secondary N) is 1. The molecule has 0 saturated carbocycles. The maximum atomic E-state index is 13.0. The minimum Gasteiger partial charge on any atom is -0.489 e. The van der Waals surface area contributed by atoms with Gasteiger partial charge in [-0.05, 0) is 29.7 Å². The third-order valence-corrected chi connectivity index (χ3v) is 6.59. The summed E-state index contributed by atoms with van der Waals surface area (Å²) < 4.78 is 11.2. The molecule has 0 spiro atoms. The van der Waals surface area contributed by atoms with E-state index < -0.39 is 11.9 Å². The Labute approximate surface area is 203 Å². The second kappa shape index (κ2) is 9.54. The molecule has 0 bridgehead atoms. The predicted octanol–water partition coefficient (Wildman–Crippen LogP) is 0.179. The van der Waals surface area contributed by atoms with Crippen LogP contribution in [0.5, 0.6) is 5.75 Å².